The molecule has 3 rings (SSSR count). The first-order valence-electron chi connectivity index (χ1n) is 8.35. The van der Waals surface area contributed by atoms with Crippen molar-refractivity contribution in [2.24, 2.45) is 0 Å². The lowest BCUT2D eigenvalue weighted by Gasteiger charge is -2.21. The van der Waals surface area contributed by atoms with Crippen molar-refractivity contribution < 1.29 is 4.79 Å². The van der Waals surface area contributed by atoms with Crippen molar-refractivity contribution >= 4 is 17.7 Å². The summed E-state index contributed by atoms with van der Waals surface area (Å²) in [6.07, 6.45) is 0. The highest BCUT2D eigenvalue weighted by Crippen LogP contribution is 2.24. The molecule has 1 amide bonds. The Morgan fingerprint density at radius 3 is 2.54 bits per heavy atom. The maximum atomic E-state index is 12.7. The van der Waals surface area contributed by atoms with Crippen LogP contribution in [-0.4, -0.2) is 43.3 Å². The van der Waals surface area contributed by atoms with Gasteiger partial charge in [-0.3, -0.25) is 4.79 Å². The van der Waals surface area contributed by atoms with Crippen LogP contribution in [0.1, 0.15) is 18.1 Å². The van der Waals surface area contributed by atoms with Gasteiger partial charge in [0.15, 0.2) is 0 Å². The minimum absolute atomic E-state index is 0.0392. The monoisotopic (exact) mass is 367 g/mol. The average molecular weight is 367 g/mol. The molecule has 0 aliphatic heterocycles. The third-order valence-electron chi connectivity index (χ3n) is 3.99. The van der Waals surface area contributed by atoms with Crippen molar-refractivity contribution in [3.63, 3.8) is 0 Å². The molecule has 7 heteroatoms. The van der Waals surface area contributed by atoms with E-state index in [0.717, 1.165) is 11.3 Å². The van der Waals surface area contributed by atoms with Gasteiger partial charge in [-0.05, 0) is 42.0 Å². The van der Waals surface area contributed by atoms with Crippen LogP contribution in [0.4, 0.5) is 0 Å². The number of hydrogen-bond donors (Lipinski definition) is 0. The maximum Gasteiger partial charge on any atom is 0.235 e. The topological polar surface area (TPSA) is 63.9 Å². The van der Waals surface area contributed by atoms with Gasteiger partial charge in [0, 0.05) is 13.6 Å². The number of aromatic nitrogens is 4. The predicted molar refractivity (Wildman–Crippen MR) is 102 cm³/mol. The van der Waals surface area contributed by atoms with Gasteiger partial charge in [0.2, 0.25) is 11.1 Å². The zero-order valence-electron chi connectivity index (χ0n) is 15.0. The van der Waals surface area contributed by atoms with Crippen molar-refractivity contribution in [2.45, 2.75) is 30.8 Å². The molecule has 0 bridgehead atoms. The fourth-order valence-corrected chi connectivity index (χ4v) is 3.48. The molecule has 1 aromatic heterocycles. The second-order valence-electron chi connectivity index (χ2n) is 6.15. The van der Waals surface area contributed by atoms with E-state index in [-0.39, 0.29) is 11.2 Å². The molecule has 0 N–H and O–H groups in total. The van der Waals surface area contributed by atoms with E-state index in [0.29, 0.717) is 11.7 Å². The van der Waals surface area contributed by atoms with E-state index >= 15 is 0 Å². The first kappa shape index (κ1) is 18.1. The van der Waals surface area contributed by atoms with Crippen LogP contribution < -0.4 is 0 Å². The van der Waals surface area contributed by atoms with Crippen LogP contribution >= 0.6 is 11.8 Å². The molecule has 1 atom stereocenters. The molecular weight excluding hydrogens is 346 g/mol. The smallest absolute Gasteiger partial charge is 0.235 e. The van der Waals surface area contributed by atoms with Gasteiger partial charge in [0.1, 0.15) is 0 Å². The van der Waals surface area contributed by atoms with E-state index in [9.17, 15) is 4.79 Å². The summed E-state index contributed by atoms with van der Waals surface area (Å²) in [5.74, 6) is 0.0392. The zero-order valence-corrected chi connectivity index (χ0v) is 15.8. The Bertz CT molecular complexity index is 863. The highest BCUT2D eigenvalue weighted by molar-refractivity contribution is 8.00. The number of amides is 1. The molecule has 26 heavy (non-hydrogen) atoms. The average Bonchev–Trinajstić information content (AvgIpc) is 3.10. The molecular formula is C19H21N5OS. The van der Waals surface area contributed by atoms with Gasteiger partial charge in [-0.2, -0.15) is 4.68 Å². The fraction of sp³-hybridized carbons (Fsp3) is 0.263. The number of rotatable bonds is 6. The van der Waals surface area contributed by atoms with E-state index < -0.39 is 0 Å². The number of benzene rings is 2. The lowest BCUT2D eigenvalue weighted by atomic mass is 10.2. The molecule has 2 aromatic carbocycles. The second-order valence-corrected chi connectivity index (χ2v) is 7.46. The minimum atomic E-state index is -0.293. The Labute approximate surface area is 157 Å². The number of aryl methyl sites for hydroxylation is 1. The molecule has 0 saturated carbocycles. The SMILES string of the molecule is Cc1ccc(-n2nnnc2SC(C)C(=O)N(C)Cc2ccccc2)cc1. The van der Waals surface area contributed by atoms with Gasteiger partial charge in [0.05, 0.1) is 10.9 Å². The predicted octanol–water partition coefficient (Wildman–Crippen LogP) is 3.11. The van der Waals surface area contributed by atoms with Gasteiger partial charge < -0.3 is 4.90 Å². The highest BCUT2D eigenvalue weighted by Gasteiger charge is 2.22. The van der Waals surface area contributed by atoms with Crippen molar-refractivity contribution in [2.75, 3.05) is 7.05 Å². The molecule has 0 saturated heterocycles. The van der Waals surface area contributed by atoms with Gasteiger partial charge >= 0.3 is 0 Å². The molecule has 0 spiro atoms. The number of hydrogen-bond acceptors (Lipinski definition) is 5. The zero-order chi connectivity index (χ0) is 18.5. The first-order chi connectivity index (χ1) is 12.5. The number of carbonyl (C=O) groups excluding carboxylic acids is 1. The molecule has 0 fully saturated rings. The standard InChI is InChI=1S/C19H21N5OS/c1-14-9-11-17(12-10-14)24-19(20-21-22-24)26-15(2)18(25)23(3)13-16-7-5-4-6-8-16/h4-12,15H,13H2,1-3H3. The largest absolute Gasteiger partial charge is 0.340 e. The molecule has 1 unspecified atom stereocenters. The highest BCUT2D eigenvalue weighted by atomic mass is 32.2. The summed E-state index contributed by atoms with van der Waals surface area (Å²) in [4.78, 5) is 14.4. The van der Waals surface area contributed by atoms with Crippen molar-refractivity contribution in [3.05, 3.63) is 65.7 Å². The Morgan fingerprint density at radius 2 is 1.85 bits per heavy atom. The van der Waals surface area contributed by atoms with Crippen LogP contribution in [0.3, 0.4) is 0 Å². The number of carbonyl (C=O) groups is 1. The van der Waals surface area contributed by atoms with E-state index in [4.69, 9.17) is 0 Å². The summed E-state index contributed by atoms with van der Waals surface area (Å²) in [5.41, 5.74) is 3.15. The van der Waals surface area contributed by atoms with Crippen LogP contribution in [0, 0.1) is 6.92 Å². The summed E-state index contributed by atoms with van der Waals surface area (Å²) in [6, 6.07) is 17.9. The number of tetrazole rings is 1. The van der Waals surface area contributed by atoms with E-state index in [1.54, 1.807) is 9.58 Å². The lowest BCUT2D eigenvalue weighted by molar-refractivity contribution is -0.129. The molecule has 0 aliphatic carbocycles. The Kier molecular flexibility index (Phi) is 5.68. The van der Waals surface area contributed by atoms with Crippen LogP contribution in [0.15, 0.2) is 59.8 Å². The second kappa shape index (κ2) is 8.14. The van der Waals surface area contributed by atoms with Gasteiger partial charge in [0.25, 0.3) is 0 Å². The first-order valence-corrected chi connectivity index (χ1v) is 9.23. The van der Waals surface area contributed by atoms with Crippen molar-refractivity contribution in [1.82, 2.24) is 25.1 Å². The van der Waals surface area contributed by atoms with Crippen molar-refractivity contribution in [3.8, 4) is 5.69 Å². The minimum Gasteiger partial charge on any atom is -0.340 e. The molecule has 3 aromatic rings. The normalized spacial score (nSPS) is 12.0. The van der Waals surface area contributed by atoms with Gasteiger partial charge in [-0.1, -0.05) is 59.8 Å². The third kappa shape index (κ3) is 4.29. The summed E-state index contributed by atoms with van der Waals surface area (Å²) in [6.45, 7) is 4.48. The van der Waals surface area contributed by atoms with E-state index in [1.807, 2.05) is 75.5 Å². The number of thioether (sulfide) groups is 1. The third-order valence-corrected chi connectivity index (χ3v) is 5.01. The molecule has 0 radical (unpaired) electrons. The number of nitrogens with zero attached hydrogens (tertiary/aromatic N) is 5. The Hall–Kier alpha value is -2.67. The summed E-state index contributed by atoms with van der Waals surface area (Å²) in [7, 11) is 1.81. The lowest BCUT2D eigenvalue weighted by Crippen LogP contribution is -2.32. The maximum absolute atomic E-state index is 12.7. The van der Waals surface area contributed by atoms with Crippen LogP contribution in [0.5, 0.6) is 0 Å². The molecule has 0 aliphatic rings. The molecule has 134 valence electrons. The van der Waals surface area contributed by atoms with Crippen molar-refractivity contribution in [1.29, 1.82) is 0 Å². The van der Waals surface area contributed by atoms with Gasteiger partial charge in [-0.15, -0.1) is 5.10 Å². The Morgan fingerprint density at radius 1 is 1.15 bits per heavy atom. The molecule has 1 heterocycles. The van der Waals surface area contributed by atoms with Crippen LogP contribution in [-0.2, 0) is 11.3 Å². The fourth-order valence-electron chi connectivity index (χ4n) is 2.55. The summed E-state index contributed by atoms with van der Waals surface area (Å²) < 4.78 is 1.66. The van der Waals surface area contributed by atoms with E-state index in [2.05, 4.69) is 15.5 Å². The van der Waals surface area contributed by atoms with Crippen LogP contribution in [0.2, 0.25) is 0 Å². The van der Waals surface area contributed by atoms with E-state index in [1.165, 1.54) is 17.3 Å². The summed E-state index contributed by atoms with van der Waals surface area (Å²) >= 11 is 1.36. The quantitative estimate of drug-likeness (QED) is 0.627. The Balaban J connectivity index is 1.68. The van der Waals surface area contributed by atoms with Gasteiger partial charge in [-0.25, -0.2) is 0 Å². The molecule has 6 nitrogen and oxygen atoms in total. The summed E-state index contributed by atoms with van der Waals surface area (Å²) in [5, 5.41) is 12.2. The van der Waals surface area contributed by atoms with Crippen LogP contribution in [0.25, 0.3) is 5.69 Å².